The fourth-order valence-corrected chi connectivity index (χ4v) is 3.29. The summed E-state index contributed by atoms with van der Waals surface area (Å²) in [5, 5.41) is 3.02. The first-order chi connectivity index (χ1) is 12.5. The number of carbonyl (C=O) groups is 1. The first-order valence-electron chi connectivity index (χ1n) is 9.24. The van der Waals surface area contributed by atoms with Gasteiger partial charge in [0.2, 0.25) is 0 Å². The Hall–Kier alpha value is -2.37. The van der Waals surface area contributed by atoms with Crippen molar-refractivity contribution in [1.29, 1.82) is 0 Å². The summed E-state index contributed by atoms with van der Waals surface area (Å²) >= 11 is 0. The van der Waals surface area contributed by atoms with Crippen LogP contribution in [0.1, 0.15) is 28.4 Å². The molecular weight excluding hydrogens is 324 g/mol. The Kier molecular flexibility index (Phi) is 5.91. The van der Waals surface area contributed by atoms with E-state index in [0.29, 0.717) is 11.3 Å². The predicted octanol–water partition coefficient (Wildman–Crippen LogP) is 2.83. The monoisotopic (exact) mass is 352 g/mol. The van der Waals surface area contributed by atoms with E-state index >= 15 is 0 Å². The number of piperazine rings is 1. The summed E-state index contributed by atoms with van der Waals surface area (Å²) in [4.78, 5) is 17.5. The Morgan fingerprint density at radius 3 is 2.62 bits per heavy atom. The van der Waals surface area contributed by atoms with Crippen LogP contribution in [0, 0.1) is 0 Å². The summed E-state index contributed by atoms with van der Waals surface area (Å²) in [5.74, 6) is -0.0921. The summed E-state index contributed by atoms with van der Waals surface area (Å²) in [5.41, 5.74) is 10.3. The highest BCUT2D eigenvalue weighted by Gasteiger charge is 2.15. The molecule has 1 aliphatic rings. The third kappa shape index (κ3) is 4.62. The Labute approximate surface area is 155 Å². The number of aryl methyl sites for hydroxylation is 1. The third-order valence-electron chi connectivity index (χ3n) is 4.95. The summed E-state index contributed by atoms with van der Waals surface area (Å²) in [6, 6.07) is 13.6. The van der Waals surface area contributed by atoms with Crippen molar-refractivity contribution in [3.63, 3.8) is 0 Å². The molecule has 2 aromatic rings. The van der Waals surface area contributed by atoms with Gasteiger partial charge in [-0.2, -0.15) is 0 Å². The van der Waals surface area contributed by atoms with Gasteiger partial charge in [-0.3, -0.25) is 9.69 Å². The number of benzene rings is 2. The number of nitrogens with zero attached hydrogens (tertiary/aromatic N) is 2. The predicted molar refractivity (Wildman–Crippen MR) is 107 cm³/mol. The molecule has 2 aromatic carbocycles. The zero-order valence-corrected chi connectivity index (χ0v) is 15.7. The Balaban J connectivity index is 1.69. The molecule has 0 atom stereocenters. The number of nitrogens with two attached hydrogens (primary N) is 1. The van der Waals surface area contributed by atoms with Gasteiger partial charge >= 0.3 is 0 Å². The lowest BCUT2D eigenvalue weighted by molar-refractivity contribution is 0.102. The van der Waals surface area contributed by atoms with Crippen molar-refractivity contribution in [3.8, 4) is 0 Å². The highest BCUT2D eigenvalue weighted by molar-refractivity contribution is 6.05. The van der Waals surface area contributed by atoms with Crippen molar-refractivity contribution in [1.82, 2.24) is 9.80 Å². The zero-order valence-electron chi connectivity index (χ0n) is 15.7. The first-order valence-corrected chi connectivity index (χ1v) is 9.24. The number of nitrogen functional groups attached to an aromatic ring is 1. The van der Waals surface area contributed by atoms with Crippen LogP contribution in [0.3, 0.4) is 0 Å². The van der Waals surface area contributed by atoms with Gasteiger partial charge in [0.1, 0.15) is 0 Å². The molecule has 1 heterocycles. The molecule has 0 aliphatic carbocycles. The van der Waals surface area contributed by atoms with E-state index in [9.17, 15) is 4.79 Å². The molecule has 1 saturated heterocycles. The van der Waals surface area contributed by atoms with Crippen molar-refractivity contribution in [3.05, 3.63) is 59.2 Å². The van der Waals surface area contributed by atoms with Gasteiger partial charge in [0.25, 0.3) is 5.91 Å². The maximum Gasteiger partial charge on any atom is 0.255 e. The molecule has 1 aliphatic heterocycles. The van der Waals surface area contributed by atoms with Crippen LogP contribution in [0.4, 0.5) is 11.4 Å². The first kappa shape index (κ1) is 18.4. The van der Waals surface area contributed by atoms with E-state index < -0.39 is 0 Å². The average molecular weight is 352 g/mol. The van der Waals surface area contributed by atoms with Crippen LogP contribution in [-0.4, -0.2) is 48.9 Å². The van der Waals surface area contributed by atoms with Gasteiger partial charge in [-0.15, -0.1) is 0 Å². The quantitative estimate of drug-likeness (QED) is 0.813. The van der Waals surface area contributed by atoms with E-state index in [1.165, 1.54) is 5.56 Å². The summed E-state index contributed by atoms with van der Waals surface area (Å²) in [6.45, 7) is 7.27. The van der Waals surface area contributed by atoms with Gasteiger partial charge in [0, 0.05) is 49.7 Å². The topological polar surface area (TPSA) is 61.6 Å². The lowest BCUT2D eigenvalue weighted by atomic mass is 10.1. The molecule has 0 spiro atoms. The summed E-state index contributed by atoms with van der Waals surface area (Å²) in [7, 11) is 2.16. The Bertz CT molecular complexity index is 766. The Morgan fingerprint density at radius 2 is 1.88 bits per heavy atom. The van der Waals surface area contributed by atoms with Crippen molar-refractivity contribution in [2.45, 2.75) is 19.9 Å². The minimum atomic E-state index is -0.0921. The second-order valence-electron chi connectivity index (χ2n) is 7.00. The molecule has 3 rings (SSSR count). The van der Waals surface area contributed by atoms with Crippen LogP contribution in [0.25, 0.3) is 0 Å². The smallest absolute Gasteiger partial charge is 0.255 e. The molecule has 5 nitrogen and oxygen atoms in total. The van der Waals surface area contributed by atoms with Gasteiger partial charge in [0.05, 0.1) is 0 Å². The summed E-state index contributed by atoms with van der Waals surface area (Å²) < 4.78 is 0. The molecule has 1 amide bonds. The number of rotatable bonds is 5. The fourth-order valence-electron chi connectivity index (χ4n) is 3.29. The van der Waals surface area contributed by atoms with Crippen molar-refractivity contribution in [2.75, 3.05) is 44.3 Å². The van der Waals surface area contributed by atoms with Crippen LogP contribution < -0.4 is 11.1 Å². The van der Waals surface area contributed by atoms with E-state index in [1.54, 1.807) is 0 Å². The number of likely N-dealkylation sites (N-methyl/N-ethyl adjacent to an activating group) is 1. The van der Waals surface area contributed by atoms with Gasteiger partial charge in [-0.1, -0.05) is 25.1 Å². The number of carbonyl (C=O) groups excluding carboxylic acids is 1. The fraction of sp³-hybridized carbons (Fsp3) is 0.381. The summed E-state index contributed by atoms with van der Waals surface area (Å²) in [6.07, 6.45) is 0.847. The number of hydrogen-bond acceptors (Lipinski definition) is 4. The largest absolute Gasteiger partial charge is 0.399 e. The molecule has 0 radical (unpaired) electrons. The minimum absolute atomic E-state index is 0.0921. The van der Waals surface area contributed by atoms with Crippen LogP contribution >= 0.6 is 0 Å². The average Bonchev–Trinajstić information content (AvgIpc) is 2.64. The number of anilines is 2. The maximum absolute atomic E-state index is 12.7. The van der Waals surface area contributed by atoms with Crippen molar-refractivity contribution < 1.29 is 4.79 Å². The number of amides is 1. The normalized spacial score (nSPS) is 15.8. The SMILES string of the molecule is CCc1ccc(N)cc1NC(=O)c1cccc(CN2CCN(C)CC2)c1. The number of nitrogens with one attached hydrogen (secondary N) is 1. The highest BCUT2D eigenvalue weighted by Crippen LogP contribution is 2.21. The molecule has 1 fully saturated rings. The minimum Gasteiger partial charge on any atom is -0.399 e. The molecule has 26 heavy (non-hydrogen) atoms. The van der Waals surface area contributed by atoms with Crippen LogP contribution in [0.2, 0.25) is 0 Å². The molecule has 138 valence electrons. The molecule has 0 bridgehead atoms. The highest BCUT2D eigenvalue weighted by atomic mass is 16.1. The lowest BCUT2D eigenvalue weighted by Gasteiger charge is -2.32. The van der Waals surface area contributed by atoms with E-state index in [-0.39, 0.29) is 5.91 Å². The maximum atomic E-state index is 12.7. The standard InChI is InChI=1S/C21H28N4O/c1-3-17-7-8-19(22)14-20(17)23-21(26)18-6-4-5-16(13-18)15-25-11-9-24(2)10-12-25/h4-8,13-14H,3,9-12,15,22H2,1-2H3,(H,23,26). The van der Waals surface area contributed by atoms with Gasteiger partial charge in [0.15, 0.2) is 0 Å². The third-order valence-corrected chi connectivity index (χ3v) is 4.95. The molecule has 5 heteroatoms. The van der Waals surface area contributed by atoms with E-state index in [1.807, 2.05) is 36.4 Å². The van der Waals surface area contributed by atoms with Gasteiger partial charge in [-0.25, -0.2) is 0 Å². The van der Waals surface area contributed by atoms with E-state index in [2.05, 4.69) is 35.2 Å². The lowest BCUT2D eigenvalue weighted by Crippen LogP contribution is -2.43. The number of hydrogen-bond donors (Lipinski definition) is 2. The molecule has 0 saturated carbocycles. The molecule has 3 N–H and O–H groups in total. The molecular formula is C21H28N4O. The van der Waals surface area contributed by atoms with Crippen molar-refractivity contribution in [2.24, 2.45) is 0 Å². The molecule has 0 unspecified atom stereocenters. The van der Waals surface area contributed by atoms with Crippen LogP contribution in [0.15, 0.2) is 42.5 Å². The van der Waals surface area contributed by atoms with Gasteiger partial charge < -0.3 is 16.0 Å². The second kappa shape index (κ2) is 8.34. The second-order valence-corrected chi connectivity index (χ2v) is 7.00. The van der Waals surface area contributed by atoms with E-state index in [0.717, 1.165) is 50.4 Å². The zero-order chi connectivity index (χ0) is 18.5. The van der Waals surface area contributed by atoms with Gasteiger partial charge in [-0.05, 0) is 48.9 Å². The van der Waals surface area contributed by atoms with Crippen molar-refractivity contribution >= 4 is 17.3 Å². The molecule has 0 aromatic heterocycles. The van der Waals surface area contributed by atoms with E-state index in [4.69, 9.17) is 5.73 Å². The van der Waals surface area contributed by atoms with Crippen LogP contribution in [-0.2, 0) is 13.0 Å². The Morgan fingerprint density at radius 1 is 1.12 bits per heavy atom. The van der Waals surface area contributed by atoms with Crippen LogP contribution in [0.5, 0.6) is 0 Å².